The quantitative estimate of drug-likeness (QED) is 0.184. The van der Waals surface area contributed by atoms with Crippen molar-refractivity contribution in [1.29, 1.82) is 0 Å². The number of hydrogen-bond donors (Lipinski definition) is 0. The van der Waals surface area contributed by atoms with Crippen LogP contribution >= 0.6 is 8.25 Å². The van der Waals surface area contributed by atoms with E-state index >= 15 is 0 Å². The summed E-state index contributed by atoms with van der Waals surface area (Å²) in [7, 11) is -1.94. The van der Waals surface area contributed by atoms with Crippen molar-refractivity contribution in [2.75, 3.05) is 13.2 Å². The van der Waals surface area contributed by atoms with Crippen LogP contribution in [0.3, 0.4) is 0 Å². The molecule has 158 valence electrons. The van der Waals surface area contributed by atoms with Crippen LogP contribution in [0.5, 0.6) is 0 Å². The first-order chi connectivity index (χ1) is 12.6. The maximum atomic E-state index is 11.7. The molecule has 0 radical (unpaired) electrons. The molecule has 0 N–H and O–H groups in total. The number of unbranched alkanes of at least 4 members (excludes halogenated alkanes) is 5. The first kappa shape index (κ1) is 28.2. The zero-order valence-electron chi connectivity index (χ0n) is 18.7. The molecule has 0 heterocycles. The Morgan fingerprint density at radius 1 is 0.615 bits per heavy atom. The molecule has 0 amide bonds. The zero-order chi connectivity index (χ0) is 20.0. The highest BCUT2D eigenvalue weighted by molar-refractivity contribution is 7.33. The van der Waals surface area contributed by atoms with Gasteiger partial charge >= 0.3 is 8.25 Å². The lowest BCUT2D eigenvalue weighted by molar-refractivity contribution is 0.167. The van der Waals surface area contributed by atoms with Crippen LogP contribution in [-0.4, -0.2) is 13.2 Å². The van der Waals surface area contributed by atoms with Crippen molar-refractivity contribution in [3.63, 3.8) is 0 Å². The van der Waals surface area contributed by atoms with Gasteiger partial charge in [0.2, 0.25) is 0 Å². The summed E-state index contributed by atoms with van der Waals surface area (Å²) in [5.41, 5.74) is 0. The normalized spacial score (nSPS) is 13.7. The van der Waals surface area contributed by atoms with Crippen molar-refractivity contribution in [3.05, 3.63) is 0 Å². The SMILES string of the molecule is CCCCC(CC)CO[P+](=O)OCC(CC)CCCC.CCCCCC. The number of rotatable bonds is 17. The van der Waals surface area contributed by atoms with Gasteiger partial charge in [0, 0.05) is 4.57 Å². The van der Waals surface area contributed by atoms with Gasteiger partial charge in [0.25, 0.3) is 0 Å². The van der Waals surface area contributed by atoms with Gasteiger partial charge < -0.3 is 0 Å². The van der Waals surface area contributed by atoms with Gasteiger partial charge in [-0.1, -0.05) is 106 Å². The van der Waals surface area contributed by atoms with E-state index in [1.54, 1.807) is 0 Å². The largest absolute Gasteiger partial charge is 0.697 e. The minimum atomic E-state index is -1.94. The molecule has 2 atom stereocenters. The first-order valence-corrected chi connectivity index (χ1v) is 12.4. The highest BCUT2D eigenvalue weighted by atomic mass is 31.1. The highest BCUT2D eigenvalue weighted by Crippen LogP contribution is 2.28. The van der Waals surface area contributed by atoms with Crippen LogP contribution in [0.15, 0.2) is 0 Å². The molecule has 0 saturated heterocycles. The van der Waals surface area contributed by atoms with E-state index in [1.165, 1.54) is 51.4 Å². The molecule has 0 bridgehead atoms. The summed E-state index contributed by atoms with van der Waals surface area (Å²) in [6, 6.07) is 0. The Hall–Kier alpha value is 0.0200. The molecular formula is C22H48O3P+. The van der Waals surface area contributed by atoms with Crippen LogP contribution in [0.2, 0.25) is 0 Å². The van der Waals surface area contributed by atoms with Gasteiger partial charge in [-0.2, -0.15) is 0 Å². The molecular weight excluding hydrogens is 343 g/mol. The van der Waals surface area contributed by atoms with E-state index in [4.69, 9.17) is 9.05 Å². The van der Waals surface area contributed by atoms with Crippen LogP contribution in [0.1, 0.15) is 119 Å². The molecule has 0 saturated carbocycles. The fourth-order valence-corrected chi connectivity index (χ4v) is 3.41. The Balaban J connectivity index is 0. The summed E-state index contributed by atoms with van der Waals surface area (Å²) in [6.07, 6.45) is 14.9. The third-order valence-electron chi connectivity index (χ3n) is 4.87. The summed E-state index contributed by atoms with van der Waals surface area (Å²) in [4.78, 5) is 0. The Morgan fingerprint density at radius 2 is 0.962 bits per heavy atom. The van der Waals surface area contributed by atoms with E-state index in [-0.39, 0.29) is 0 Å². The van der Waals surface area contributed by atoms with E-state index in [0.29, 0.717) is 25.0 Å². The second-order valence-corrected chi connectivity index (χ2v) is 8.32. The second-order valence-electron chi connectivity index (χ2n) is 7.36. The van der Waals surface area contributed by atoms with Crippen LogP contribution in [0.25, 0.3) is 0 Å². The summed E-state index contributed by atoms with van der Waals surface area (Å²) in [5, 5.41) is 0. The highest BCUT2D eigenvalue weighted by Gasteiger charge is 2.24. The van der Waals surface area contributed by atoms with Gasteiger partial charge in [0.05, 0.1) is 0 Å². The molecule has 0 fully saturated rings. The van der Waals surface area contributed by atoms with Gasteiger partial charge in [0.15, 0.2) is 0 Å². The fraction of sp³-hybridized carbons (Fsp3) is 1.00. The van der Waals surface area contributed by atoms with E-state index in [9.17, 15) is 4.57 Å². The summed E-state index contributed by atoms with van der Waals surface area (Å²) in [6.45, 7) is 14.3. The van der Waals surface area contributed by atoms with Gasteiger partial charge in [-0.15, -0.1) is 9.05 Å². The lowest BCUT2D eigenvalue weighted by Gasteiger charge is -2.11. The van der Waals surface area contributed by atoms with Crippen molar-refractivity contribution < 1.29 is 13.6 Å². The minimum absolute atomic E-state index is 0.513. The van der Waals surface area contributed by atoms with Crippen molar-refractivity contribution in [2.45, 2.75) is 119 Å². The average molecular weight is 392 g/mol. The van der Waals surface area contributed by atoms with Gasteiger partial charge in [-0.25, -0.2) is 0 Å². The van der Waals surface area contributed by atoms with Crippen LogP contribution in [-0.2, 0) is 13.6 Å². The lowest BCUT2D eigenvalue weighted by Crippen LogP contribution is -2.08. The molecule has 0 aliphatic rings. The summed E-state index contributed by atoms with van der Waals surface area (Å²) in [5.74, 6) is 1.03. The monoisotopic (exact) mass is 391 g/mol. The van der Waals surface area contributed by atoms with Crippen molar-refractivity contribution in [2.24, 2.45) is 11.8 Å². The van der Waals surface area contributed by atoms with Crippen LogP contribution in [0.4, 0.5) is 0 Å². The van der Waals surface area contributed by atoms with Crippen molar-refractivity contribution in [1.82, 2.24) is 0 Å². The predicted octanol–water partition coefficient (Wildman–Crippen LogP) is 8.70. The fourth-order valence-electron chi connectivity index (χ4n) is 2.67. The standard InChI is InChI=1S/C16H34O3P.C6H14/c1-5-9-11-15(7-3)13-18-20(17)19-14-16(8-4)12-10-6-2;1-3-5-6-4-2/h15-16H,5-14H2,1-4H3;3-6H2,1-2H3/q+1;. The van der Waals surface area contributed by atoms with Crippen LogP contribution in [0, 0.1) is 11.8 Å². The van der Waals surface area contributed by atoms with Gasteiger partial charge in [-0.3, -0.25) is 0 Å². The van der Waals surface area contributed by atoms with Crippen molar-refractivity contribution in [3.8, 4) is 0 Å². The third-order valence-corrected chi connectivity index (χ3v) is 5.59. The Kier molecular flexibility index (Phi) is 25.0. The molecule has 0 aromatic rings. The smallest absolute Gasteiger partial charge is 0.119 e. The molecule has 3 nitrogen and oxygen atoms in total. The summed E-state index contributed by atoms with van der Waals surface area (Å²) >= 11 is 0. The molecule has 0 aliphatic carbocycles. The lowest BCUT2D eigenvalue weighted by atomic mass is 10.0. The van der Waals surface area contributed by atoms with E-state index in [2.05, 4.69) is 41.5 Å². The molecule has 0 aromatic heterocycles. The maximum absolute atomic E-state index is 11.7. The topological polar surface area (TPSA) is 35.5 Å². The molecule has 0 aromatic carbocycles. The van der Waals surface area contributed by atoms with E-state index < -0.39 is 8.25 Å². The number of hydrogen-bond acceptors (Lipinski definition) is 3. The van der Waals surface area contributed by atoms with Crippen LogP contribution < -0.4 is 0 Å². The van der Waals surface area contributed by atoms with Gasteiger partial charge in [-0.05, 0) is 24.7 Å². The zero-order valence-corrected chi connectivity index (χ0v) is 19.6. The Bertz CT molecular complexity index is 259. The molecule has 2 unspecified atom stereocenters. The average Bonchev–Trinajstić information content (AvgIpc) is 2.67. The van der Waals surface area contributed by atoms with E-state index in [1.807, 2.05) is 0 Å². The Labute approximate surface area is 166 Å². The molecule has 0 rings (SSSR count). The molecule has 26 heavy (non-hydrogen) atoms. The minimum Gasteiger partial charge on any atom is -0.119 e. The van der Waals surface area contributed by atoms with E-state index in [0.717, 1.165) is 25.7 Å². The summed E-state index contributed by atoms with van der Waals surface area (Å²) < 4.78 is 22.5. The van der Waals surface area contributed by atoms with Gasteiger partial charge in [0.1, 0.15) is 13.2 Å². The maximum Gasteiger partial charge on any atom is 0.697 e. The van der Waals surface area contributed by atoms with Crippen molar-refractivity contribution >= 4 is 8.25 Å². The third kappa shape index (κ3) is 20.3. The first-order valence-electron chi connectivity index (χ1n) is 11.3. The molecule has 4 heteroatoms. The molecule has 0 aliphatic heterocycles. The Morgan fingerprint density at radius 3 is 1.23 bits per heavy atom. The predicted molar refractivity (Wildman–Crippen MR) is 116 cm³/mol. The molecule has 0 spiro atoms. The second kappa shape index (κ2) is 23.1.